The number of carbonyl (C=O) groups is 1. The highest BCUT2D eigenvalue weighted by Crippen LogP contribution is 2.46. The largest absolute Gasteiger partial charge is 0.478 e. The van der Waals surface area contributed by atoms with Crippen molar-refractivity contribution in [2.45, 2.75) is 32.9 Å². The molecule has 0 spiro atoms. The summed E-state index contributed by atoms with van der Waals surface area (Å²) in [5.41, 5.74) is -1.99. The Morgan fingerprint density at radius 3 is 2.29 bits per heavy atom. The Labute approximate surface area is 173 Å². The summed E-state index contributed by atoms with van der Waals surface area (Å²) >= 11 is 0. The summed E-state index contributed by atoms with van der Waals surface area (Å²) in [6, 6.07) is 2.71. The number of fused-ring (bicyclic) bond motifs is 3. The number of methoxy groups -OCH3 is 1. The molecule has 166 valence electrons. The third kappa shape index (κ3) is 4.23. The Bertz CT molecular complexity index is 1170. The molecule has 3 heterocycles. The molecule has 0 saturated carbocycles. The van der Waals surface area contributed by atoms with Gasteiger partial charge >= 0.3 is 12.1 Å². The number of carbonyl (C=O) groups excluding carboxylic acids is 1. The van der Waals surface area contributed by atoms with Crippen molar-refractivity contribution < 1.29 is 31.5 Å². The normalized spacial score (nSPS) is 12.5. The van der Waals surface area contributed by atoms with Crippen molar-refractivity contribution >= 4 is 35.1 Å². The lowest BCUT2D eigenvalue weighted by atomic mass is 10.0. The van der Waals surface area contributed by atoms with Crippen molar-refractivity contribution in [3.05, 3.63) is 41.3 Å². The van der Waals surface area contributed by atoms with Crippen molar-refractivity contribution in [1.82, 2.24) is 14.4 Å². The van der Waals surface area contributed by atoms with Crippen molar-refractivity contribution in [1.29, 1.82) is 0 Å². The second-order valence-electron chi connectivity index (χ2n) is 5.86. The molecule has 0 aliphatic heterocycles. The van der Waals surface area contributed by atoms with Gasteiger partial charge < -0.3 is 4.74 Å². The maximum atomic E-state index is 14.2. The van der Waals surface area contributed by atoms with Crippen LogP contribution in [-0.4, -0.2) is 46.1 Å². The molecule has 0 aromatic carbocycles. The Kier molecular flexibility index (Phi) is 6.72. The van der Waals surface area contributed by atoms with Crippen molar-refractivity contribution in [2.75, 3.05) is 7.11 Å². The van der Waals surface area contributed by atoms with Gasteiger partial charge in [-0.15, -0.1) is 5.10 Å². The molecule has 0 amide bonds. The van der Waals surface area contributed by atoms with Crippen LogP contribution in [0.15, 0.2) is 34.6 Å². The summed E-state index contributed by atoms with van der Waals surface area (Å²) in [5.74, 6) is -6.06. The Morgan fingerprint density at radius 2 is 1.77 bits per heavy atom. The first-order valence-corrected chi connectivity index (χ1v) is 8.88. The van der Waals surface area contributed by atoms with Gasteiger partial charge in [-0.05, 0) is 18.2 Å². The molecule has 7 nitrogen and oxygen atoms in total. The molecular weight excluding hydrogens is 425 g/mol. The maximum Gasteiger partial charge on any atom is 0.458 e. The molecule has 0 aliphatic carbocycles. The predicted octanol–water partition coefficient (Wildman–Crippen LogP) is 4.77. The van der Waals surface area contributed by atoms with Crippen molar-refractivity contribution in [3.8, 4) is 0 Å². The van der Waals surface area contributed by atoms with Gasteiger partial charge in [0.2, 0.25) is 0 Å². The van der Waals surface area contributed by atoms with Crippen LogP contribution < -0.4 is 0 Å². The van der Waals surface area contributed by atoms with Crippen LogP contribution in [0.25, 0.3) is 16.7 Å². The molecule has 3 aromatic heterocycles. The van der Waals surface area contributed by atoms with Crippen LogP contribution in [-0.2, 0) is 10.7 Å². The zero-order chi connectivity index (χ0) is 23.6. The quantitative estimate of drug-likeness (QED) is 0.191. The molecule has 0 bridgehead atoms. The molecule has 0 saturated heterocycles. The van der Waals surface area contributed by atoms with E-state index >= 15 is 0 Å². The van der Waals surface area contributed by atoms with Crippen LogP contribution in [0.3, 0.4) is 0 Å². The third-order valence-corrected chi connectivity index (χ3v) is 4.03. The van der Waals surface area contributed by atoms with E-state index in [-0.39, 0.29) is 22.9 Å². The number of hydrogen-bond acceptors (Lipinski definition) is 6. The molecule has 0 radical (unpaired) electrons. The van der Waals surface area contributed by atoms with E-state index in [4.69, 9.17) is 4.74 Å². The minimum atomic E-state index is -5.87. The lowest BCUT2D eigenvalue weighted by Gasteiger charge is -2.22. The Hall–Kier alpha value is -3.44. The minimum absolute atomic E-state index is 0.0691. The van der Waals surface area contributed by atoms with Crippen LogP contribution >= 0.6 is 0 Å². The van der Waals surface area contributed by atoms with Gasteiger partial charge in [0.05, 0.1) is 7.11 Å². The zero-order valence-electron chi connectivity index (χ0n) is 17.0. The highest BCUT2D eigenvalue weighted by Gasteiger charge is 2.59. The number of aromatic nitrogens is 3. The van der Waals surface area contributed by atoms with E-state index in [0.29, 0.717) is 6.07 Å². The summed E-state index contributed by atoms with van der Waals surface area (Å²) < 4.78 is 73.5. The number of Topliss-reactive ketones (excluding diaryl/α,β-unsaturated/α-hetero) is 1. The number of imidazole rings is 1. The van der Waals surface area contributed by atoms with Gasteiger partial charge in [-0.2, -0.15) is 27.1 Å². The van der Waals surface area contributed by atoms with E-state index < -0.39 is 34.5 Å². The molecule has 0 unspecified atom stereocenters. The lowest BCUT2D eigenvalue weighted by molar-refractivity contribution is -0.288. The molecule has 3 aromatic rings. The Balaban J connectivity index is 0.00000166. The number of ketones is 1. The number of hydrogen-bond donors (Lipinski definition) is 0. The van der Waals surface area contributed by atoms with E-state index in [1.807, 2.05) is 13.8 Å². The molecule has 0 fully saturated rings. The maximum absolute atomic E-state index is 14.2. The van der Waals surface area contributed by atoms with E-state index in [2.05, 4.69) is 26.9 Å². The lowest BCUT2D eigenvalue weighted by Crippen LogP contribution is -2.34. The van der Waals surface area contributed by atoms with Gasteiger partial charge in [0.15, 0.2) is 5.78 Å². The van der Waals surface area contributed by atoms with Crippen LogP contribution in [0.4, 0.5) is 22.0 Å². The second kappa shape index (κ2) is 8.74. The Morgan fingerprint density at radius 1 is 1.13 bits per heavy atom. The fourth-order valence-corrected chi connectivity index (χ4v) is 2.69. The smallest absolute Gasteiger partial charge is 0.458 e. The highest BCUT2D eigenvalue weighted by molar-refractivity contribution is 5.97. The fourth-order valence-electron chi connectivity index (χ4n) is 2.69. The summed E-state index contributed by atoms with van der Waals surface area (Å²) in [7, 11) is 1.28. The molecule has 0 N–H and O–H groups in total. The molecular formula is C19H18F5N5O2. The molecule has 0 atom stereocenters. The van der Waals surface area contributed by atoms with E-state index in [0.717, 1.165) is 17.4 Å². The average molecular weight is 443 g/mol. The average Bonchev–Trinajstić information content (AvgIpc) is 3.16. The van der Waals surface area contributed by atoms with Gasteiger partial charge in [-0.25, -0.2) is 9.97 Å². The first-order valence-electron chi connectivity index (χ1n) is 8.88. The first kappa shape index (κ1) is 23.8. The minimum Gasteiger partial charge on any atom is -0.478 e. The third-order valence-electron chi connectivity index (χ3n) is 4.03. The van der Waals surface area contributed by atoms with Crippen molar-refractivity contribution in [3.63, 3.8) is 0 Å². The van der Waals surface area contributed by atoms with E-state index in [1.54, 1.807) is 0 Å². The molecule has 12 heteroatoms. The second-order valence-corrected chi connectivity index (χ2v) is 5.86. The number of nitrogens with zero attached hydrogens (tertiary/aromatic N) is 5. The van der Waals surface area contributed by atoms with Crippen LogP contribution in [0.1, 0.15) is 42.5 Å². The first-order chi connectivity index (χ1) is 14.5. The van der Waals surface area contributed by atoms with Gasteiger partial charge in [0.25, 0.3) is 5.90 Å². The van der Waals surface area contributed by atoms with Crippen LogP contribution in [0, 0.1) is 0 Å². The number of rotatable bonds is 4. The van der Waals surface area contributed by atoms with Crippen LogP contribution in [0.5, 0.6) is 0 Å². The number of halogens is 5. The summed E-state index contributed by atoms with van der Waals surface area (Å²) in [6.07, 6.45) is -4.60. The van der Waals surface area contributed by atoms with Gasteiger partial charge in [0, 0.05) is 30.8 Å². The summed E-state index contributed by atoms with van der Waals surface area (Å²) in [4.78, 5) is 19.8. The predicted molar refractivity (Wildman–Crippen MR) is 105 cm³/mol. The monoisotopic (exact) mass is 443 g/mol. The molecule has 31 heavy (non-hydrogen) atoms. The standard InChI is InChI=1S/C17H12F5N5O2.C2H6/c1-8(28)11-6-10(16(18,19)17(20,21)22)9-4-5-13-24-12(15(29-3)26-23-2)7-27(13)14(9)25-11;1-2/h4-7H,2H2,1,3H3;1-2H3/b26-15-;. The fraction of sp³-hybridized carbons (Fsp3) is 0.316. The SMILES string of the molecule is C=N/N=C(\OC)c1cn2c(ccc3c(C(F)(F)C(F)(F)F)cc(C(C)=O)nc32)n1.CC. The number of alkyl halides is 5. The zero-order valence-corrected chi connectivity index (χ0v) is 17.0. The summed E-state index contributed by atoms with van der Waals surface area (Å²) in [6.45, 7) is 8.19. The summed E-state index contributed by atoms with van der Waals surface area (Å²) in [5, 5.41) is 6.42. The van der Waals surface area contributed by atoms with Gasteiger partial charge in [-0.1, -0.05) is 13.8 Å². The van der Waals surface area contributed by atoms with Gasteiger partial charge in [0.1, 0.15) is 22.7 Å². The number of ether oxygens (including phenoxy) is 1. The van der Waals surface area contributed by atoms with E-state index in [9.17, 15) is 26.7 Å². The highest BCUT2D eigenvalue weighted by atomic mass is 19.4. The topological polar surface area (TPSA) is 81.2 Å². The molecule has 3 rings (SSSR count). The van der Waals surface area contributed by atoms with Crippen LogP contribution in [0.2, 0.25) is 0 Å². The number of pyridine rings is 2. The van der Waals surface area contributed by atoms with E-state index in [1.165, 1.54) is 19.4 Å². The van der Waals surface area contributed by atoms with Crippen molar-refractivity contribution in [2.24, 2.45) is 10.2 Å². The van der Waals surface area contributed by atoms with Gasteiger partial charge in [-0.3, -0.25) is 9.20 Å². The molecule has 0 aliphatic rings.